The van der Waals surface area contributed by atoms with Gasteiger partial charge in [0.05, 0.1) is 11.2 Å². The van der Waals surface area contributed by atoms with Crippen molar-refractivity contribution in [1.82, 2.24) is 4.98 Å². The van der Waals surface area contributed by atoms with Crippen LogP contribution in [-0.4, -0.2) is 4.98 Å². The topological polar surface area (TPSA) is 38.9 Å². The lowest BCUT2D eigenvalue weighted by molar-refractivity contribution is 0.494. The SMILES string of the molecule is Cc1ncsc1C(N)Cc1cccc(F)c1F. The van der Waals surface area contributed by atoms with Crippen LogP contribution in [0.25, 0.3) is 0 Å². The van der Waals surface area contributed by atoms with Crippen molar-refractivity contribution < 1.29 is 8.78 Å². The Morgan fingerprint density at radius 2 is 2.18 bits per heavy atom. The van der Waals surface area contributed by atoms with E-state index in [2.05, 4.69) is 4.98 Å². The minimum absolute atomic E-state index is 0.270. The van der Waals surface area contributed by atoms with Crippen molar-refractivity contribution in [3.05, 3.63) is 51.5 Å². The highest BCUT2D eigenvalue weighted by Gasteiger charge is 2.15. The van der Waals surface area contributed by atoms with Crippen LogP contribution in [0, 0.1) is 18.6 Å². The van der Waals surface area contributed by atoms with Crippen molar-refractivity contribution in [3.63, 3.8) is 0 Å². The Kier molecular flexibility index (Phi) is 3.49. The molecule has 0 radical (unpaired) electrons. The van der Waals surface area contributed by atoms with Gasteiger partial charge in [0.25, 0.3) is 0 Å². The van der Waals surface area contributed by atoms with E-state index >= 15 is 0 Å². The van der Waals surface area contributed by atoms with Gasteiger partial charge < -0.3 is 5.73 Å². The van der Waals surface area contributed by atoms with Gasteiger partial charge in [0.1, 0.15) is 0 Å². The van der Waals surface area contributed by atoms with Gasteiger partial charge in [0, 0.05) is 10.9 Å². The van der Waals surface area contributed by atoms with E-state index in [-0.39, 0.29) is 12.5 Å². The number of thiazole rings is 1. The minimum Gasteiger partial charge on any atom is -0.323 e. The average Bonchev–Trinajstić information content (AvgIpc) is 2.71. The molecule has 1 aromatic heterocycles. The van der Waals surface area contributed by atoms with Crippen molar-refractivity contribution >= 4 is 11.3 Å². The Morgan fingerprint density at radius 1 is 1.41 bits per heavy atom. The van der Waals surface area contributed by atoms with Gasteiger partial charge in [-0.2, -0.15) is 0 Å². The molecule has 2 nitrogen and oxygen atoms in total. The molecular weight excluding hydrogens is 242 g/mol. The van der Waals surface area contributed by atoms with Gasteiger partial charge in [-0.25, -0.2) is 13.8 Å². The summed E-state index contributed by atoms with van der Waals surface area (Å²) >= 11 is 1.43. The molecule has 17 heavy (non-hydrogen) atoms. The van der Waals surface area contributed by atoms with Crippen LogP contribution in [0.15, 0.2) is 23.7 Å². The van der Waals surface area contributed by atoms with E-state index in [0.717, 1.165) is 16.6 Å². The molecule has 0 saturated heterocycles. The first-order valence-corrected chi connectivity index (χ1v) is 6.06. The van der Waals surface area contributed by atoms with Crippen LogP contribution in [0.1, 0.15) is 22.2 Å². The van der Waals surface area contributed by atoms with Crippen LogP contribution in [0.4, 0.5) is 8.78 Å². The molecule has 5 heteroatoms. The van der Waals surface area contributed by atoms with Crippen molar-refractivity contribution in [1.29, 1.82) is 0 Å². The van der Waals surface area contributed by atoms with Crippen LogP contribution in [-0.2, 0) is 6.42 Å². The fourth-order valence-corrected chi connectivity index (χ4v) is 2.51. The van der Waals surface area contributed by atoms with Gasteiger partial charge in [-0.05, 0) is 25.0 Å². The average molecular weight is 254 g/mol. The number of hydrogen-bond donors (Lipinski definition) is 1. The van der Waals surface area contributed by atoms with Gasteiger partial charge in [-0.1, -0.05) is 12.1 Å². The summed E-state index contributed by atoms with van der Waals surface area (Å²) in [5.41, 5.74) is 8.82. The maximum atomic E-state index is 13.5. The normalized spacial score (nSPS) is 12.7. The Labute approximate surface area is 102 Å². The maximum Gasteiger partial charge on any atom is 0.162 e. The van der Waals surface area contributed by atoms with Gasteiger partial charge in [0.2, 0.25) is 0 Å². The lowest BCUT2D eigenvalue weighted by Gasteiger charge is -2.11. The van der Waals surface area contributed by atoms with Crippen molar-refractivity contribution in [2.75, 3.05) is 0 Å². The van der Waals surface area contributed by atoms with Crippen LogP contribution < -0.4 is 5.73 Å². The first kappa shape index (κ1) is 12.1. The Hall–Kier alpha value is -1.33. The molecule has 0 fully saturated rings. The van der Waals surface area contributed by atoms with E-state index < -0.39 is 11.6 Å². The number of hydrogen-bond acceptors (Lipinski definition) is 3. The van der Waals surface area contributed by atoms with E-state index in [1.54, 1.807) is 11.6 Å². The van der Waals surface area contributed by atoms with Crippen LogP contribution in [0.5, 0.6) is 0 Å². The van der Waals surface area contributed by atoms with Crippen LogP contribution in [0.2, 0.25) is 0 Å². The molecule has 1 atom stereocenters. The first-order chi connectivity index (χ1) is 8.09. The third kappa shape index (κ3) is 2.50. The zero-order valence-corrected chi connectivity index (χ0v) is 10.1. The molecule has 2 N–H and O–H groups in total. The monoisotopic (exact) mass is 254 g/mol. The summed E-state index contributed by atoms with van der Waals surface area (Å²) in [7, 11) is 0. The van der Waals surface area contributed by atoms with Crippen LogP contribution in [0.3, 0.4) is 0 Å². The highest BCUT2D eigenvalue weighted by molar-refractivity contribution is 7.09. The number of benzene rings is 1. The molecule has 0 bridgehead atoms. The highest BCUT2D eigenvalue weighted by atomic mass is 32.1. The van der Waals surface area contributed by atoms with Gasteiger partial charge in [0.15, 0.2) is 11.6 Å². The quantitative estimate of drug-likeness (QED) is 0.914. The first-order valence-electron chi connectivity index (χ1n) is 5.18. The Bertz CT molecular complexity index is 525. The second kappa shape index (κ2) is 4.89. The van der Waals surface area contributed by atoms with E-state index in [1.165, 1.54) is 17.4 Å². The zero-order valence-electron chi connectivity index (χ0n) is 9.28. The summed E-state index contributed by atoms with van der Waals surface area (Å²) in [6.45, 7) is 1.85. The summed E-state index contributed by atoms with van der Waals surface area (Å²) in [4.78, 5) is 5.00. The molecule has 0 aliphatic carbocycles. The summed E-state index contributed by atoms with van der Waals surface area (Å²) in [5, 5.41) is 0. The fraction of sp³-hybridized carbons (Fsp3) is 0.250. The van der Waals surface area contributed by atoms with Crippen molar-refractivity contribution in [2.24, 2.45) is 5.73 Å². The maximum absolute atomic E-state index is 13.5. The summed E-state index contributed by atoms with van der Waals surface area (Å²) in [5.74, 6) is -1.65. The number of nitrogens with zero attached hydrogens (tertiary/aromatic N) is 1. The van der Waals surface area contributed by atoms with Gasteiger partial charge >= 0.3 is 0 Å². The molecule has 0 aliphatic rings. The van der Waals surface area contributed by atoms with E-state index in [9.17, 15) is 8.78 Å². The van der Waals surface area contributed by atoms with E-state index in [4.69, 9.17) is 5.73 Å². The largest absolute Gasteiger partial charge is 0.323 e. The number of aromatic nitrogens is 1. The molecule has 90 valence electrons. The molecule has 0 spiro atoms. The standard InChI is InChI=1S/C12H12F2N2S/c1-7-12(17-6-16-7)10(15)5-8-3-2-4-9(13)11(8)14/h2-4,6,10H,5,15H2,1H3. The predicted octanol–water partition coefficient (Wildman–Crippen LogP) is 2.97. The Balaban J connectivity index is 2.22. The number of rotatable bonds is 3. The number of aryl methyl sites for hydroxylation is 1. The molecule has 2 rings (SSSR count). The van der Waals surface area contributed by atoms with E-state index in [1.807, 2.05) is 6.92 Å². The van der Waals surface area contributed by atoms with Gasteiger partial charge in [-0.15, -0.1) is 11.3 Å². The molecule has 0 aliphatic heterocycles. The fourth-order valence-electron chi connectivity index (χ4n) is 1.70. The van der Waals surface area contributed by atoms with Crippen LogP contribution >= 0.6 is 11.3 Å². The summed E-state index contributed by atoms with van der Waals surface area (Å²) < 4.78 is 26.5. The number of nitrogens with two attached hydrogens (primary N) is 1. The van der Waals surface area contributed by atoms with Crippen molar-refractivity contribution in [3.8, 4) is 0 Å². The minimum atomic E-state index is -0.837. The molecule has 2 aromatic rings. The second-order valence-corrected chi connectivity index (χ2v) is 4.71. The van der Waals surface area contributed by atoms with Crippen molar-refractivity contribution in [2.45, 2.75) is 19.4 Å². The van der Waals surface area contributed by atoms with Gasteiger partial charge in [-0.3, -0.25) is 0 Å². The molecule has 1 heterocycles. The smallest absolute Gasteiger partial charge is 0.162 e. The molecule has 0 amide bonds. The highest BCUT2D eigenvalue weighted by Crippen LogP contribution is 2.24. The zero-order chi connectivity index (χ0) is 12.4. The third-order valence-electron chi connectivity index (χ3n) is 2.59. The summed E-state index contributed by atoms with van der Waals surface area (Å²) in [6.07, 6.45) is 0.270. The summed E-state index contributed by atoms with van der Waals surface area (Å²) in [6, 6.07) is 3.79. The molecule has 1 unspecified atom stereocenters. The third-order valence-corrected chi connectivity index (χ3v) is 3.65. The molecule has 0 saturated carbocycles. The Morgan fingerprint density at radius 3 is 2.82 bits per heavy atom. The number of halogens is 2. The molecular formula is C12H12F2N2S. The molecule has 1 aromatic carbocycles. The lowest BCUT2D eigenvalue weighted by Crippen LogP contribution is -2.14. The second-order valence-electron chi connectivity index (χ2n) is 3.83. The predicted molar refractivity (Wildman–Crippen MR) is 63.8 cm³/mol. The lowest BCUT2D eigenvalue weighted by atomic mass is 10.0. The van der Waals surface area contributed by atoms with E-state index in [0.29, 0.717) is 5.56 Å².